The van der Waals surface area contributed by atoms with Crippen molar-refractivity contribution in [1.82, 2.24) is 4.90 Å². The number of unbranched alkanes of at least 4 members (excludes halogenated alkanes) is 1. The quantitative estimate of drug-likeness (QED) is 0.772. The molecule has 1 aliphatic carbocycles. The van der Waals surface area contributed by atoms with Gasteiger partial charge in [-0.05, 0) is 56.4 Å². The summed E-state index contributed by atoms with van der Waals surface area (Å²) < 4.78 is 37.7. The van der Waals surface area contributed by atoms with Crippen LogP contribution in [0.15, 0.2) is 24.3 Å². The van der Waals surface area contributed by atoms with Gasteiger partial charge in [-0.25, -0.2) is 0 Å². The lowest BCUT2D eigenvalue weighted by atomic mass is 9.81. The number of nitrogens with one attached hydrogen (secondary N) is 1. The van der Waals surface area contributed by atoms with E-state index in [2.05, 4.69) is 12.2 Å². The monoisotopic (exact) mass is 384 g/mol. The Kier molecular flexibility index (Phi) is 7.27. The molecule has 27 heavy (non-hydrogen) atoms. The van der Waals surface area contributed by atoms with Crippen molar-refractivity contribution in [1.29, 1.82) is 0 Å². The second-order valence-electron chi connectivity index (χ2n) is 7.23. The third-order valence-corrected chi connectivity index (χ3v) is 5.15. The van der Waals surface area contributed by atoms with Gasteiger partial charge in [-0.3, -0.25) is 9.59 Å². The first-order chi connectivity index (χ1) is 12.7. The molecule has 0 aromatic heterocycles. The molecule has 150 valence electrons. The van der Waals surface area contributed by atoms with Crippen LogP contribution in [0, 0.1) is 11.8 Å². The zero-order valence-corrected chi connectivity index (χ0v) is 15.8. The maximum atomic E-state index is 12.6. The van der Waals surface area contributed by atoms with Gasteiger partial charge < -0.3 is 10.2 Å². The molecule has 0 unspecified atom stereocenters. The molecule has 0 radical (unpaired) electrons. The normalized spacial score (nSPS) is 20.2. The van der Waals surface area contributed by atoms with Gasteiger partial charge in [0, 0.05) is 31.1 Å². The van der Waals surface area contributed by atoms with Crippen LogP contribution in [0.1, 0.15) is 51.0 Å². The first-order valence-corrected chi connectivity index (χ1v) is 9.45. The molecule has 1 aromatic carbocycles. The molecule has 0 saturated heterocycles. The van der Waals surface area contributed by atoms with Gasteiger partial charge in [0.15, 0.2) is 0 Å². The summed E-state index contributed by atoms with van der Waals surface area (Å²) in [7, 11) is 1.82. The van der Waals surface area contributed by atoms with E-state index in [4.69, 9.17) is 0 Å². The molecule has 0 spiro atoms. The van der Waals surface area contributed by atoms with Crippen molar-refractivity contribution < 1.29 is 22.8 Å². The molecule has 0 bridgehead atoms. The lowest BCUT2D eigenvalue weighted by molar-refractivity contribution is -0.137. The molecule has 1 saturated carbocycles. The minimum absolute atomic E-state index is 0.0398. The van der Waals surface area contributed by atoms with E-state index in [1.807, 2.05) is 7.05 Å². The summed E-state index contributed by atoms with van der Waals surface area (Å²) in [6.45, 7) is 2.84. The number of halogens is 3. The summed E-state index contributed by atoms with van der Waals surface area (Å²) in [6, 6.07) is 4.44. The highest BCUT2D eigenvalue weighted by atomic mass is 19.4. The lowest BCUT2D eigenvalue weighted by Gasteiger charge is -2.30. The second kappa shape index (κ2) is 9.24. The van der Waals surface area contributed by atoms with Crippen LogP contribution in [-0.2, 0) is 15.8 Å². The second-order valence-corrected chi connectivity index (χ2v) is 7.23. The van der Waals surface area contributed by atoms with E-state index < -0.39 is 11.7 Å². The van der Waals surface area contributed by atoms with Gasteiger partial charge in [0.05, 0.1) is 5.56 Å². The average molecular weight is 384 g/mol. The Morgan fingerprint density at radius 3 is 2.15 bits per heavy atom. The van der Waals surface area contributed by atoms with Gasteiger partial charge in [0.25, 0.3) is 0 Å². The number of hydrogen-bond acceptors (Lipinski definition) is 2. The lowest BCUT2D eigenvalue weighted by Crippen LogP contribution is -2.37. The molecule has 2 amide bonds. The van der Waals surface area contributed by atoms with Crippen molar-refractivity contribution >= 4 is 17.5 Å². The Bertz CT molecular complexity index is 636. The van der Waals surface area contributed by atoms with E-state index in [-0.39, 0.29) is 23.7 Å². The maximum absolute atomic E-state index is 12.6. The fourth-order valence-corrected chi connectivity index (χ4v) is 3.41. The third-order valence-electron chi connectivity index (χ3n) is 5.15. The third kappa shape index (κ3) is 5.97. The zero-order valence-electron chi connectivity index (χ0n) is 15.8. The number of hydrogen-bond donors (Lipinski definition) is 1. The van der Waals surface area contributed by atoms with E-state index in [0.717, 1.165) is 31.5 Å². The van der Waals surface area contributed by atoms with Crippen LogP contribution in [0.3, 0.4) is 0 Å². The van der Waals surface area contributed by atoms with Gasteiger partial charge in [-0.2, -0.15) is 13.2 Å². The Labute approximate surface area is 158 Å². The number of amides is 2. The molecule has 2 rings (SSSR count). The number of anilines is 1. The van der Waals surface area contributed by atoms with Crippen molar-refractivity contribution in [2.75, 3.05) is 18.9 Å². The molecule has 4 nitrogen and oxygen atoms in total. The predicted molar refractivity (Wildman–Crippen MR) is 98.1 cm³/mol. The molecule has 0 heterocycles. The molecule has 1 fully saturated rings. The van der Waals surface area contributed by atoms with Crippen molar-refractivity contribution in [3.05, 3.63) is 29.8 Å². The number of alkyl halides is 3. The fourth-order valence-electron chi connectivity index (χ4n) is 3.41. The molecule has 1 N–H and O–H groups in total. The van der Waals surface area contributed by atoms with Crippen LogP contribution in [0.5, 0.6) is 0 Å². The van der Waals surface area contributed by atoms with E-state index >= 15 is 0 Å². The zero-order chi connectivity index (χ0) is 20.0. The SMILES string of the molecule is CCCCN(C)C(=O)C1CCC(C(=O)Nc2ccc(C(F)(F)F)cc2)CC1. The maximum Gasteiger partial charge on any atom is 0.416 e. The molecule has 0 atom stereocenters. The van der Waals surface area contributed by atoms with Crippen molar-refractivity contribution in [3.8, 4) is 0 Å². The highest BCUT2D eigenvalue weighted by Crippen LogP contribution is 2.32. The summed E-state index contributed by atoms with van der Waals surface area (Å²) in [6.07, 6.45) is 0.190. The van der Waals surface area contributed by atoms with Gasteiger partial charge in [-0.15, -0.1) is 0 Å². The average Bonchev–Trinajstić information content (AvgIpc) is 2.65. The molecule has 7 heteroatoms. The largest absolute Gasteiger partial charge is 0.416 e. The van der Waals surface area contributed by atoms with E-state index in [1.165, 1.54) is 12.1 Å². The first-order valence-electron chi connectivity index (χ1n) is 9.45. The molecule has 1 aliphatic rings. The van der Waals surface area contributed by atoms with Gasteiger partial charge >= 0.3 is 6.18 Å². The van der Waals surface area contributed by atoms with Gasteiger partial charge in [0.1, 0.15) is 0 Å². The highest BCUT2D eigenvalue weighted by molar-refractivity contribution is 5.92. The molecule has 0 aliphatic heterocycles. The predicted octanol–water partition coefficient (Wildman–Crippen LogP) is 4.71. The summed E-state index contributed by atoms with van der Waals surface area (Å²) in [5, 5.41) is 2.68. The fraction of sp³-hybridized carbons (Fsp3) is 0.600. The van der Waals surface area contributed by atoms with E-state index in [1.54, 1.807) is 4.90 Å². The van der Waals surface area contributed by atoms with Crippen LogP contribution in [0.2, 0.25) is 0 Å². The number of carbonyl (C=O) groups excluding carboxylic acids is 2. The molecule has 1 aromatic rings. The van der Waals surface area contributed by atoms with Crippen molar-refractivity contribution in [2.45, 2.75) is 51.6 Å². The van der Waals surface area contributed by atoms with Crippen LogP contribution in [0.4, 0.5) is 18.9 Å². The van der Waals surface area contributed by atoms with Crippen molar-refractivity contribution in [3.63, 3.8) is 0 Å². The Morgan fingerprint density at radius 1 is 1.07 bits per heavy atom. The van der Waals surface area contributed by atoms with Crippen molar-refractivity contribution in [2.24, 2.45) is 11.8 Å². The van der Waals surface area contributed by atoms with Crippen LogP contribution in [-0.4, -0.2) is 30.3 Å². The highest BCUT2D eigenvalue weighted by Gasteiger charge is 2.32. The molecular formula is C20H27F3N2O2. The minimum atomic E-state index is -4.39. The summed E-state index contributed by atoms with van der Waals surface area (Å²) in [5.74, 6) is -0.302. The Morgan fingerprint density at radius 2 is 1.63 bits per heavy atom. The first kappa shape index (κ1) is 21.3. The van der Waals surface area contributed by atoms with Crippen LogP contribution >= 0.6 is 0 Å². The number of nitrogens with zero attached hydrogens (tertiary/aromatic N) is 1. The summed E-state index contributed by atoms with van der Waals surface area (Å²) >= 11 is 0. The number of rotatable bonds is 6. The smallest absolute Gasteiger partial charge is 0.346 e. The van der Waals surface area contributed by atoms with Gasteiger partial charge in [-0.1, -0.05) is 13.3 Å². The van der Waals surface area contributed by atoms with E-state index in [9.17, 15) is 22.8 Å². The minimum Gasteiger partial charge on any atom is -0.346 e. The summed E-state index contributed by atoms with van der Waals surface area (Å²) in [4.78, 5) is 26.6. The Hall–Kier alpha value is -2.05. The Balaban J connectivity index is 1.83. The molecular weight excluding hydrogens is 357 g/mol. The van der Waals surface area contributed by atoms with Gasteiger partial charge in [0.2, 0.25) is 11.8 Å². The topological polar surface area (TPSA) is 49.4 Å². The van der Waals surface area contributed by atoms with Crippen LogP contribution < -0.4 is 5.32 Å². The number of carbonyl (C=O) groups is 2. The number of benzene rings is 1. The standard InChI is InChI=1S/C20H27F3N2O2/c1-3-4-13-25(2)19(27)15-7-5-14(6-8-15)18(26)24-17-11-9-16(10-12-17)20(21,22)23/h9-12,14-15H,3-8,13H2,1-2H3,(H,24,26). The summed E-state index contributed by atoms with van der Waals surface area (Å²) in [5.41, 5.74) is -0.391. The van der Waals surface area contributed by atoms with Crippen LogP contribution in [0.25, 0.3) is 0 Å². The van der Waals surface area contributed by atoms with E-state index in [0.29, 0.717) is 31.4 Å².